The molecule has 2 atom stereocenters. The van der Waals surface area contributed by atoms with Gasteiger partial charge in [0.05, 0.1) is 6.61 Å². The van der Waals surface area contributed by atoms with E-state index >= 15 is 0 Å². The van der Waals surface area contributed by atoms with Gasteiger partial charge >= 0.3 is 6.18 Å². The SMILES string of the molecule is N[C@H]([C@H]1CCOC1)C(F)(F)F. The zero-order valence-electron chi connectivity index (χ0n) is 5.90. The highest BCUT2D eigenvalue weighted by Crippen LogP contribution is 2.28. The molecule has 0 spiro atoms. The van der Waals surface area contributed by atoms with Crippen molar-refractivity contribution in [3.05, 3.63) is 0 Å². The van der Waals surface area contributed by atoms with E-state index in [9.17, 15) is 13.2 Å². The average molecular weight is 169 g/mol. The Balaban J connectivity index is 2.46. The third-order valence-electron chi connectivity index (χ3n) is 1.85. The highest BCUT2D eigenvalue weighted by Gasteiger charge is 2.42. The maximum atomic E-state index is 11.9. The minimum atomic E-state index is -4.28. The molecular formula is C6H10F3NO. The fourth-order valence-electron chi connectivity index (χ4n) is 1.10. The zero-order chi connectivity index (χ0) is 8.48. The van der Waals surface area contributed by atoms with E-state index in [1.807, 2.05) is 0 Å². The molecule has 5 heteroatoms. The molecular weight excluding hydrogens is 159 g/mol. The standard InChI is InChI=1S/C6H10F3NO/c7-6(8,9)5(10)4-1-2-11-3-4/h4-5H,1-3,10H2/t4-,5+/m0/s1. The Morgan fingerprint density at radius 1 is 1.45 bits per heavy atom. The molecule has 0 amide bonds. The molecule has 2 N–H and O–H groups in total. The number of nitrogens with two attached hydrogens (primary N) is 1. The summed E-state index contributed by atoms with van der Waals surface area (Å²) in [6.07, 6.45) is -3.86. The molecule has 0 aromatic carbocycles. The minimum Gasteiger partial charge on any atom is -0.381 e. The molecule has 2 nitrogen and oxygen atoms in total. The summed E-state index contributed by atoms with van der Waals surface area (Å²) < 4.78 is 40.6. The quantitative estimate of drug-likeness (QED) is 0.633. The van der Waals surface area contributed by atoms with Crippen LogP contribution in [0, 0.1) is 5.92 Å². The molecule has 1 heterocycles. The zero-order valence-corrected chi connectivity index (χ0v) is 5.90. The van der Waals surface area contributed by atoms with Gasteiger partial charge < -0.3 is 10.5 Å². The second-order valence-corrected chi connectivity index (χ2v) is 2.69. The second kappa shape index (κ2) is 2.98. The van der Waals surface area contributed by atoms with E-state index in [0.717, 1.165) is 0 Å². The van der Waals surface area contributed by atoms with Crippen LogP contribution in [-0.4, -0.2) is 25.4 Å². The summed E-state index contributed by atoms with van der Waals surface area (Å²) in [6.45, 7) is 0.537. The number of hydrogen-bond donors (Lipinski definition) is 1. The summed E-state index contributed by atoms with van der Waals surface area (Å²) in [5.74, 6) is -0.546. The molecule has 0 unspecified atom stereocenters. The maximum Gasteiger partial charge on any atom is 0.403 e. The third kappa shape index (κ3) is 2.07. The van der Waals surface area contributed by atoms with Gasteiger partial charge in [0.25, 0.3) is 0 Å². The van der Waals surface area contributed by atoms with E-state index in [2.05, 4.69) is 0 Å². The van der Waals surface area contributed by atoms with Crippen molar-refractivity contribution in [2.75, 3.05) is 13.2 Å². The predicted octanol–water partition coefficient (Wildman–Crippen LogP) is 0.912. The van der Waals surface area contributed by atoms with Gasteiger partial charge in [0.1, 0.15) is 6.04 Å². The van der Waals surface area contributed by atoms with Crippen molar-refractivity contribution in [2.24, 2.45) is 11.7 Å². The molecule has 1 rings (SSSR count). The highest BCUT2D eigenvalue weighted by atomic mass is 19.4. The van der Waals surface area contributed by atoms with Gasteiger partial charge in [-0.25, -0.2) is 0 Å². The van der Waals surface area contributed by atoms with Crippen molar-refractivity contribution in [2.45, 2.75) is 18.6 Å². The van der Waals surface area contributed by atoms with Crippen molar-refractivity contribution in [3.63, 3.8) is 0 Å². The topological polar surface area (TPSA) is 35.2 Å². The molecule has 11 heavy (non-hydrogen) atoms. The van der Waals surface area contributed by atoms with E-state index in [-0.39, 0.29) is 6.61 Å². The summed E-state index contributed by atoms with van der Waals surface area (Å²) in [6, 6.07) is -1.72. The molecule has 1 saturated heterocycles. The van der Waals surface area contributed by atoms with Crippen LogP contribution in [0.1, 0.15) is 6.42 Å². The number of alkyl halides is 3. The molecule has 0 aromatic heterocycles. The summed E-state index contributed by atoms with van der Waals surface area (Å²) in [7, 11) is 0. The van der Waals surface area contributed by atoms with Crippen LogP contribution < -0.4 is 5.73 Å². The lowest BCUT2D eigenvalue weighted by Crippen LogP contribution is -2.43. The Hall–Kier alpha value is -0.290. The lowest BCUT2D eigenvalue weighted by molar-refractivity contribution is -0.158. The summed E-state index contributed by atoms with van der Waals surface area (Å²) in [5.41, 5.74) is 4.95. The molecule has 1 aliphatic rings. The maximum absolute atomic E-state index is 11.9. The molecule has 0 aromatic rings. The second-order valence-electron chi connectivity index (χ2n) is 2.69. The summed E-state index contributed by atoms with van der Waals surface area (Å²) >= 11 is 0. The van der Waals surface area contributed by atoms with Crippen LogP contribution in [0.25, 0.3) is 0 Å². The van der Waals surface area contributed by atoms with E-state index in [1.54, 1.807) is 0 Å². The fraction of sp³-hybridized carbons (Fsp3) is 1.00. The molecule has 0 radical (unpaired) electrons. The van der Waals surface area contributed by atoms with Gasteiger partial charge in [-0.15, -0.1) is 0 Å². The van der Waals surface area contributed by atoms with Crippen LogP contribution in [-0.2, 0) is 4.74 Å². The van der Waals surface area contributed by atoms with Crippen LogP contribution in [0.2, 0.25) is 0 Å². The monoisotopic (exact) mass is 169 g/mol. The minimum absolute atomic E-state index is 0.140. The Morgan fingerprint density at radius 3 is 2.45 bits per heavy atom. The first kappa shape index (κ1) is 8.80. The molecule has 0 saturated carbocycles. The van der Waals surface area contributed by atoms with E-state index in [4.69, 9.17) is 10.5 Å². The van der Waals surface area contributed by atoms with Crippen molar-refractivity contribution in [1.82, 2.24) is 0 Å². The summed E-state index contributed by atoms with van der Waals surface area (Å²) in [5, 5.41) is 0. The van der Waals surface area contributed by atoms with Gasteiger partial charge in [-0.3, -0.25) is 0 Å². The molecule has 1 fully saturated rings. The van der Waals surface area contributed by atoms with Crippen LogP contribution in [0.3, 0.4) is 0 Å². The number of ether oxygens (including phenoxy) is 1. The lowest BCUT2D eigenvalue weighted by atomic mass is 10.00. The summed E-state index contributed by atoms with van der Waals surface area (Å²) in [4.78, 5) is 0. The van der Waals surface area contributed by atoms with E-state index in [1.165, 1.54) is 0 Å². The smallest absolute Gasteiger partial charge is 0.381 e. The van der Waals surface area contributed by atoms with Gasteiger partial charge in [0.15, 0.2) is 0 Å². The lowest BCUT2D eigenvalue weighted by Gasteiger charge is -2.20. The van der Waals surface area contributed by atoms with Crippen molar-refractivity contribution in [3.8, 4) is 0 Å². The van der Waals surface area contributed by atoms with Gasteiger partial charge in [-0.05, 0) is 6.42 Å². The Labute approximate surface area is 62.5 Å². The molecule has 0 bridgehead atoms. The van der Waals surface area contributed by atoms with Crippen LogP contribution in [0.5, 0.6) is 0 Å². The molecule has 1 aliphatic heterocycles. The van der Waals surface area contributed by atoms with Crippen molar-refractivity contribution in [1.29, 1.82) is 0 Å². The van der Waals surface area contributed by atoms with Crippen molar-refractivity contribution >= 4 is 0 Å². The van der Waals surface area contributed by atoms with Gasteiger partial charge in [0, 0.05) is 12.5 Å². The largest absolute Gasteiger partial charge is 0.403 e. The first-order chi connectivity index (χ1) is 5.02. The third-order valence-corrected chi connectivity index (χ3v) is 1.85. The Bertz CT molecular complexity index is 130. The van der Waals surface area contributed by atoms with E-state index < -0.39 is 18.1 Å². The van der Waals surface area contributed by atoms with Crippen LogP contribution in [0.15, 0.2) is 0 Å². The van der Waals surface area contributed by atoms with Crippen LogP contribution >= 0.6 is 0 Å². The Morgan fingerprint density at radius 2 is 2.09 bits per heavy atom. The first-order valence-electron chi connectivity index (χ1n) is 3.42. The van der Waals surface area contributed by atoms with Crippen molar-refractivity contribution < 1.29 is 17.9 Å². The normalized spacial score (nSPS) is 28.9. The van der Waals surface area contributed by atoms with Crippen LogP contribution in [0.4, 0.5) is 13.2 Å². The average Bonchev–Trinajstić information content (AvgIpc) is 2.34. The fourth-order valence-corrected chi connectivity index (χ4v) is 1.10. The highest BCUT2D eigenvalue weighted by molar-refractivity contribution is 4.81. The van der Waals surface area contributed by atoms with E-state index in [0.29, 0.717) is 13.0 Å². The molecule has 0 aliphatic carbocycles. The Kier molecular flexibility index (Phi) is 2.39. The van der Waals surface area contributed by atoms with Gasteiger partial charge in [0.2, 0.25) is 0 Å². The molecule has 66 valence electrons. The first-order valence-corrected chi connectivity index (χ1v) is 3.42. The predicted molar refractivity (Wildman–Crippen MR) is 33.0 cm³/mol. The van der Waals surface area contributed by atoms with Gasteiger partial charge in [-0.1, -0.05) is 0 Å². The number of halogens is 3. The number of rotatable bonds is 1. The van der Waals surface area contributed by atoms with Gasteiger partial charge in [-0.2, -0.15) is 13.2 Å². The number of hydrogen-bond acceptors (Lipinski definition) is 2.